The Morgan fingerprint density at radius 3 is 3.06 bits per heavy atom. The molecule has 1 aromatic heterocycles. The number of nitrogens with zero attached hydrogens (tertiary/aromatic N) is 2. The summed E-state index contributed by atoms with van der Waals surface area (Å²) in [6.07, 6.45) is 6.27. The van der Waals surface area contributed by atoms with Crippen LogP contribution in [0.1, 0.15) is 38.2 Å². The number of hydrogen-bond acceptors (Lipinski definition) is 3. The zero-order chi connectivity index (χ0) is 13.0. The first kappa shape index (κ1) is 13.3. The van der Waals surface area contributed by atoms with Crippen molar-refractivity contribution in [3.05, 3.63) is 23.6 Å². The normalized spacial score (nSPS) is 20.8. The smallest absolute Gasteiger partial charge is 0.141 e. The quantitative estimate of drug-likeness (QED) is 0.895. The van der Waals surface area contributed by atoms with Gasteiger partial charge in [-0.2, -0.15) is 0 Å². The summed E-state index contributed by atoms with van der Waals surface area (Å²) in [4.78, 5) is 6.66. The molecule has 0 saturated carbocycles. The van der Waals surface area contributed by atoms with Crippen LogP contribution in [-0.2, 0) is 6.54 Å². The number of aromatic nitrogens is 1. The largest absolute Gasteiger partial charge is 0.354 e. The SMILES string of the molecule is CNCc1cc(F)cnc1N1CCCCCC1C. The van der Waals surface area contributed by atoms with Crippen LogP contribution in [0.5, 0.6) is 0 Å². The second-order valence-corrected chi connectivity index (χ2v) is 5.06. The van der Waals surface area contributed by atoms with Crippen molar-refractivity contribution < 1.29 is 4.39 Å². The van der Waals surface area contributed by atoms with Crippen LogP contribution in [-0.4, -0.2) is 24.6 Å². The third-order valence-electron chi connectivity index (χ3n) is 3.60. The van der Waals surface area contributed by atoms with E-state index in [2.05, 4.69) is 22.1 Å². The van der Waals surface area contributed by atoms with Crippen LogP contribution in [0.2, 0.25) is 0 Å². The first-order valence-corrected chi connectivity index (χ1v) is 6.78. The molecule has 18 heavy (non-hydrogen) atoms. The molecule has 4 heteroatoms. The predicted molar refractivity (Wildman–Crippen MR) is 72.2 cm³/mol. The van der Waals surface area contributed by atoms with Gasteiger partial charge in [-0.3, -0.25) is 0 Å². The molecule has 0 amide bonds. The molecule has 100 valence electrons. The summed E-state index contributed by atoms with van der Waals surface area (Å²) < 4.78 is 13.3. The Balaban J connectivity index is 2.29. The van der Waals surface area contributed by atoms with Gasteiger partial charge >= 0.3 is 0 Å². The Labute approximate surface area is 108 Å². The lowest BCUT2D eigenvalue weighted by atomic mass is 10.1. The second kappa shape index (κ2) is 6.14. The number of hydrogen-bond donors (Lipinski definition) is 1. The standard InChI is InChI=1S/C14H22FN3/c1-11-6-4-3-5-7-18(11)14-12(9-16-2)8-13(15)10-17-14/h8,10-11,16H,3-7,9H2,1-2H3. The molecule has 1 aliphatic heterocycles. The van der Waals surface area contributed by atoms with E-state index in [1.807, 2.05) is 7.05 Å². The highest BCUT2D eigenvalue weighted by atomic mass is 19.1. The zero-order valence-electron chi connectivity index (χ0n) is 11.2. The van der Waals surface area contributed by atoms with Crippen molar-refractivity contribution in [2.75, 3.05) is 18.5 Å². The fourth-order valence-corrected chi connectivity index (χ4v) is 2.64. The Kier molecular flexibility index (Phi) is 4.53. The molecular formula is C14H22FN3. The van der Waals surface area contributed by atoms with Gasteiger partial charge in [-0.25, -0.2) is 9.37 Å². The first-order valence-electron chi connectivity index (χ1n) is 6.78. The molecule has 1 N–H and O–H groups in total. The molecule has 1 saturated heterocycles. The van der Waals surface area contributed by atoms with E-state index in [4.69, 9.17) is 0 Å². The van der Waals surface area contributed by atoms with E-state index in [0.717, 1.165) is 17.9 Å². The molecular weight excluding hydrogens is 229 g/mol. The van der Waals surface area contributed by atoms with Crippen molar-refractivity contribution in [2.24, 2.45) is 0 Å². The number of rotatable bonds is 3. The maximum atomic E-state index is 13.3. The van der Waals surface area contributed by atoms with Gasteiger partial charge in [-0.05, 0) is 32.9 Å². The van der Waals surface area contributed by atoms with Gasteiger partial charge in [0.15, 0.2) is 0 Å². The van der Waals surface area contributed by atoms with Crippen molar-refractivity contribution in [2.45, 2.75) is 45.2 Å². The zero-order valence-corrected chi connectivity index (χ0v) is 11.2. The number of nitrogens with one attached hydrogen (secondary N) is 1. The Bertz CT molecular complexity index is 395. The molecule has 0 aliphatic carbocycles. The number of pyridine rings is 1. The minimum absolute atomic E-state index is 0.258. The third kappa shape index (κ3) is 2.99. The van der Waals surface area contributed by atoms with Crippen LogP contribution in [0.3, 0.4) is 0 Å². The van der Waals surface area contributed by atoms with Crippen molar-refractivity contribution in [3.8, 4) is 0 Å². The van der Waals surface area contributed by atoms with E-state index in [9.17, 15) is 4.39 Å². The lowest BCUT2D eigenvalue weighted by molar-refractivity contribution is 0.594. The van der Waals surface area contributed by atoms with Crippen LogP contribution in [0.4, 0.5) is 10.2 Å². The average molecular weight is 251 g/mol. The van der Waals surface area contributed by atoms with Gasteiger partial charge in [0.2, 0.25) is 0 Å². The van der Waals surface area contributed by atoms with Crippen LogP contribution >= 0.6 is 0 Å². The van der Waals surface area contributed by atoms with Gasteiger partial charge in [0.25, 0.3) is 0 Å². The van der Waals surface area contributed by atoms with Crippen LogP contribution in [0.15, 0.2) is 12.3 Å². The van der Waals surface area contributed by atoms with Crippen molar-refractivity contribution in [3.63, 3.8) is 0 Å². The van der Waals surface area contributed by atoms with Crippen LogP contribution in [0, 0.1) is 5.82 Å². The van der Waals surface area contributed by atoms with Gasteiger partial charge in [0.05, 0.1) is 6.20 Å². The molecule has 1 aromatic rings. The number of halogens is 1. The number of anilines is 1. The maximum Gasteiger partial charge on any atom is 0.141 e. The minimum Gasteiger partial charge on any atom is -0.354 e. The molecule has 2 heterocycles. The van der Waals surface area contributed by atoms with E-state index in [1.165, 1.54) is 31.9 Å². The van der Waals surface area contributed by atoms with E-state index in [-0.39, 0.29) is 5.82 Å². The molecule has 0 aromatic carbocycles. The summed E-state index contributed by atoms with van der Waals surface area (Å²) in [5.41, 5.74) is 0.950. The second-order valence-electron chi connectivity index (χ2n) is 5.06. The average Bonchev–Trinajstić information content (AvgIpc) is 2.55. The fourth-order valence-electron chi connectivity index (χ4n) is 2.64. The highest BCUT2D eigenvalue weighted by Gasteiger charge is 2.20. The lowest BCUT2D eigenvalue weighted by Crippen LogP contribution is -2.34. The maximum absolute atomic E-state index is 13.3. The molecule has 1 fully saturated rings. The minimum atomic E-state index is -0.258. The third-order valence-corrected chi connectivity index (χ3v) is 3.60. The van der Waals surface area contributed by atoms with Crippen molar-refractivity contribution >= 4 is 5.82 Å². The first-order chi connectivity index (χ1) is 8.72. The summed E-state index contributed by atoms with van der Waals surface area (Å²) in [6, 6.07) is 2.08. The van der Waals surface area contributed by atoms with Gasteiger partial charge in [0.1, 0.15) is 11.6 Å². The molecule has 1 unspecified atom stereocenters. The van der Waals surface area contributed by atoms with E-state index < -0.39 is 0 Å². The summed E-state index contributed by atoms with van der Waals surface area (Å²) in [5, 5.41) is 3.09. The van der Waals surface area contributed by atoms with Gasteiger partial charge < -0.3 is 10.2 Å². The van der Waals surface area contributed by atoms with E-state index in [0.29, 0.717) is 12.6 Å². The topological polar surface area (TPSA) is 28.2 Å². The van der Waals surface area contributed by atoms with E-state index in [1.54, 1.807) is 6.07 Å². The van der Waals surface area contributed by atoms with Gasteiger partial charge in [-0.1, -0.05) is 12.8 Å². The summed E-state index contributed by atoms with van der Waals surface area (Å²) >= 11 is 0. The van der Waals surface area contributed by atoms with Gasteiger partial charge in [0, 0.05) is 24.7 Å². The summed E-state index contributed by atoms with van der Waals surface area (Å²) in [6.45, 7) is 3.92. The highest BCUT2D eigenvalue weighted by Crippen LogP contribution is 2.25. The van der Waals surface area contributed by atoms with Gasteiger partial charge in [-0.15, -0.1) is 0 Å². The predicted octanol–water partition coefficient (Wildman–Crippen LogP) is 2.71. The monoisotopic (exact) mass is 251 g/mol. The highest BCUT2D eigenvalue weighted by molar-refractivity contribution is 5.48. The molecule has 0 spiro atoms. The Morgan fingerprint density at radius 2 is 2.28 bits per heavy atom. The van der Waals surface area contributed by atoms with Crippen molar-refractivity contribution in [1.29, 1.82) is 0 Å². The summed E-state index contributed by atoms with van der Waals surface area (Å²) in [5.74, 6) is 0.687. The van der Waals surface area contributed by atoms with E-state index >= 15 is 0 Å². The van der Waals surface area contributed by atoms with Crippen LogP contribution < -0.4 is 10.2 Å². The van der Waals surface area contributed by atoms with Crippen LogP contribution in [0.25, 0.3) is 0 Å². The van der Waals surface area contributed by atoms with Crippen molar-refractivity contribution in [1.82, 2.24) is 10.3 Å². The molecule has 0 radical (unpaired) electrons. The fraction of sp³-hybridized carbons (Fsp3) is 0.643. The lowest BCUT2D eigenvalue weighted by Gasteiger charge is -2.30. The molecule has 3 nitrogen and oxygen atoms in total. The molecule has 2 rings (SSSR count). The molecule has 0 bridgehead atoms. The Morgan fingerprint density at radius 1 is 1.44 bits per heavy atom. The molecule has 1 aliphatic rings. The molecule has 1 atom stereocenters. The Hall–Kier alpha value is -1.16. The summed E-state index contributed by atoms with van der Waals surface area (Å²) in [7, 11) is 1.88.